The number of hydrogen-bond acceptors (Lipinski definition) is 2. The number of carbonyl (C=O) groups excluding carboxylic acids is 1. The Bertz CT molecular complexity index is 884. The normalized spacial score (nSPS) is 12.0. The lowest BCUT2D eigenvalue weighted by Crippen LogP contribution is -2.28. The molecule has 0 aliphatic rings. The minimum atomic E-state index is -0.116. The van der Waals surface area contributed by atoms with Gasteiger partial charge in [0.15, 0.2) is 0 Å². The molecule has 0 spiro atoms. The molecule has 1 atom stereocenters. The van der Waals surface area contributed by atoms with Crippen LogP contribution in [0.2, 0.25) is 0 Å². The average Bonchev–Trinajstić information content (AvgIpc) is 2.65. The quantitative estimate of drug-likeness (QED) is 0.710. The smallest absolute Gasteiger partial charge is 0.255 e. The lowest BCUT2D eigenvalue weighted by atomic mass is 10.0. The Morgan fingerprint density at radius 3 is 2.28 bits per heavy atom. The maximum atomic E-state index is 12.9. The monoisotopic (exact) mass is 333 g/mol. The van der Waals surface area contributed by atoms with E-state index in [-0.39, 0.29) is 11.9 Å². The second-order valence-corrected chi connectivity index (χ2v) is 6.24. The number of benzene rings is 3. The third-order valence-electron chi connectivity index (χ3n) is 4.51. The highest BCUT2D eigenvalue weighted by molar-refractivity contribution is 6.01. The summed E-state index contributed by atoms with van der Waals surface area (Å²) in [6, 6.07) is 20.0. The molecule has 25 heavy (non-hydrogen) atoms. The predicted octanol–water partition coefficient (Wildman–Crippen LogP) is 5.04. The number of aryl methyl sites for hydroxylation is 1. The van der Waals surface area contributed by atoms with Crippen molar-refractivity contribution in [3.63, 3.8) is 0 Å². The van der Waals surface area contributed by atoms with Crippen LogP contribution in [-0.2, 0) is 0 Å². The van der Waals surface area contributed by atoms with E-state index in [2.05, 4.69) is 43.4 Å². The zero-order chi connectivity index (χ0) is 17.8. The molecule has 3 aromatic carbocycles. The summed E-state index contributed by atoms with van der Waals surface area (Å²) < 4.78 is 5.45. The third-order valence-corrected chi connectivity index (χ3v) is 4.51. The van der Waals surface area contributed by atoms with Gasteiger partial charge in [-0.1, -0.05) is 61.0 Å². The molecule has 0 bridgehead atoms. The molecule has 0 aliphatic carbocycles. The summed E-state index contributed by atoms with van der Waals surface area (Å²) in [6.45, 7) is 4.13. The number of carbonyl (C=O) groups is 1. The van der Waals surface area contributed by atoms with E-state index in [9.17, 15) is 4.79 Å². The predicted molar refractivity (Wildman–Crippen MR) is 102 cm³/mol. The van der Waals surface area contributed by atoms with Crippen molar-refractivity contribution in [2.24, 2.45) is 0 Å². The summed E-state index contributed by atoms with van der Waals surface area (Å²) in [7, 11) is 1.60. The number of rotatable bonds is 5. The first-order valence-electron chi connectivity index (χ1n) is 8.56. The van der Waals surface area contributed by atoms with Crippen LogP contribution < -0.4 is 10.1 Å². The number of ether oxygens (including phenoxy) is 1. The van der Waals surface area contributed by atoms with Crippen molar-refractivity contribution in [1.29, 1.82) is 0 Å². The van der Waals surface area contributed by atoms with Gasteiger partial charge in [-0.15, -0.1) is 0 Å². The lowest BCUT2D eigenvalue weighted by Gasteiger charge is -2.19. The van der Waals surface area contributed by atoms with Gasteiger partial charge in [0.1, 0.15) is 5.75 Å². The molecular weight excluding hydrogens is 310 g/mol. The molecule has 0 unspecified atom stereocenters. The van der Waals surface area contributed by atoms with E-state index < -0.39 is 0 Å². The Labute approximate surface area is 148 Å². The van der Waals surface area contributed by atoms with E-state index in [1.807, 2.05) is 36.4 Å². The first-order valence-corrected chi connectivity index (χ1v) is 8.56. The average molecular weight is 333 g/mol. The molecule has 0 heterocycles. The molecule has 3 aromatic rings. The van der Waals surface area contributed by atoms with E-state index in [4.69, 9.17) is 4.74 Å². The van der Waals surface area contributed by atoms with Gasteiger partial charge in [-0.05, 0) is 41.8 Å². The summed E-state index contributed by atoms with van der Waals surface area (Å²) >= 11 is 0. The first kappa shape index (κ1) is 17.0. The molecule has 0 aliphatic heterocycles. The van der Waals surface area contributed by atoms with Crippen LogP contribution >= 0.6 is 0 Å². The summed E-state index contributed by atoms with van der Waals surface area (Å²) in [4.78, 5) is 12.9. The van der Waals surface area contributed by atoms with Crippen LogP contribution in [-0.4, -0.2) is 13.0 Å². The Kier molecular flexibility index (Phi) is 5.03. The van der Waals surface area contributed by atoms with E-state index >= 15 is 0 Å². The van der Waals surface area contributed by atoms with Crippen molar-refractivity contribution in [1.82, 2.24) is 5.32 Å². The fraction of sp³-hybridized carbons (Fsp3) is 0.227. The number of amides is 1. The SMILES string of the molecule is CC[C@H](NC(=O)c1cc2ccccc2cc1OC)c1ccc(C)cc1. The van der Waals surface area contributed by atoms with Crippen LogP contribution in [0.4, 0.5) is 0 Å². The van der Waals surface area contributed by atoms with Crippen molar-refractivity contribution in [3.05, 3.63) is 77.4 Å². The molecule has 128 valence electrons. The van der Waals surface area contributed by atoms with Gasteiger partial charge in [-0.25, -0.2) is 0 Å². The molecule has 0 saturated heterocycles. The maximum absolute atomic E-state index is 12.9. The highest BCUT2D eigenvalue weighted by Gasteiger charge is 2.18. The zero-order valence-corrected chi connectivity index (χ0v) is 14.9. The number of nitrogens with one attached hydrogen (secondary N) is 1. The van der Waals surface area contributed by atoms with E-state index in [1.165, 1.54) is 5.56 Å². The van der Waals surface area contributed by atoms with E-state index in [0.29, 0.717) is 11.3 Å². The minimum Gasteiger partial charge on any atom is -0.496 e. The number of hydrogen-bond donors (Lipinski definition) is 1. The lowest BCUT2D eigenvalue weighted by molar-refractivity contribution is 0.0932. The highest BCUT2D eigenvalue weighted by Crippen LogP contribution is 2.27. The number of fused-ring (bicyclic) bond motifs is 1. The second kappa shape index (κ2) is 7.39. The standard InChI is InChI=1S/C22H23NO2/c1-4-20(16-11-9-15(2)10-12-16)23-22(24)19-13-17-7-5-6-8-18(17)14-21(19)25-3/h5-14,20H,4H2,1-3H3,(H,23,24)/t20-/m0/s1. The van der Waals surface area contributed by atoms with Gasteiger partial charge < -0.3 is 10.1 Å². The fourth-order valence-corrected chi connectivity index (χ4v) is 3.02. The van der Waals surface area contributed by atoms with Crippen LogP contribution in [0.15, 0.2) is 60.7 Å². The van der Waals surface area contributed by atoms with Crippen molar-refractivity contribution in [3.8, 4) is 5.75 Å². The molecule has 3 nitrogen and oxygen atoms in total. The Morgan fingerprint density at radius 2 is 1.68 bits per heavy atom. The number of methoxy groups -OCH3 is 1. The second-order valence-electron chi connectivity index (χ2n) is 6.24. The largest absolute Gasteiger partial charge is 0.496 e. The molecule has 1 amide bonds. The van der Waals surface area contributed by atoms with E-state index in [1.54, 1.807) is 7.11 Å². The van der Waals surface area contributed by atoms with Gasteiger partial charge in [0.25, 0.3) is 5.91 Å². The van der Waals surface area contributed by atoms with Gasteiger partial charge in [0, 0.05) is 0 Å². The molecule has 0 aromatic heterocycles. The third kappa shape index (κ3) is 3.66. The van der Waals surface area contributed by atoms with Gasteiger partial charge >= 0.3 is 0 Å². The summed E-state index contributed by atoms with van der Waals surface area (Å²) in [5.74, 6) is 0.477. The van der Waals surface area contributed by atoms with Gasteiger partial charge in [0.05, 0.1) is 18.7 Å². The highest BCUT2D eigenvalue weighted by atomic mass is 16.5. The van der Waals surface area contributed by atoms with Crippen LogP contribution in [0, 0.1) is 6.92 Å². The molecule has 0 saturated carbocycles. The topological polar surface area (TPSA) is 38.3 Å². The van der Waals surface area contributed by atoms with Gasteiger partial charge in [-0.2, -0.15) is 0 Å². The summed E-state index contributed by atoms with van der Waals surface area (Å²) in [6.07, 6.45) is 0.824. The van der Waals surface area contributed by atoms with Crippen LogP contribution in [0.5, 0.6) is 5.75 Å². The van der Waals surface area contributed by atoms with Gasteiger partial charge in [-0.3, -0.25) is 4.79 Å². The van der Waals surface area contributed by atoms with Crippen LogP contribution in [0.25, 0.3) is 10.8 Å². The Hall–Kier alpha value is -2.81. The molecule has 0 fully saturated rings. The molecule has 0 radical (unpaired) electrons. The Morgan fingerprint density at radius 1 is 1.04 bits per heavy atom. The van der Waals surface area contributed by atoms with Crippen LogP contribution in [0.1, 0.15) is 40.9 Å². The van der Waals surface area contributed by atoms with Crippen molar-refractivity contribution in [2.75, 3.05) is 7.11 Å². The summed E-state index contributed by atoms with van der Waals surface area (Å²) in [5, 5.41) is 5.22. The Balaban J connectivity index is 1.91. The molecule has 3 rings (SSSR count). The first-order chi connectivity index (χ1) is 12.1. The molecular formula is C22H23NO2. The van der Waals surface area contributed by atoms with Gasteiger partial charge in [0.2, 0.25) is 0 Å². The molecule has 3 heteroatoms. The van der Waals surface area contributed by atoms with Crippen molar-refractivity contribution >= 4 is 16.7 Å². The summed E-state index contributed by atoms with van der Waals surface area (Å²) in [5.41, 5.74) is 2.88. The van der Waals surface area contributed by atoms with Crippen molar-refractivity contribution in [2.45, 2.75) is 26.3 Å². The van der Waals surface area contributed by atoms with E-state index in [0.717, 1.165) is 22.8 Å². The van der Waals surface area contributed by atoms with Crippen LogP contribution in [0.3, 0.4) is 0 Å². The fourth-order valence-electron chi connectivity index (χ4n) is 3.02. The maximum Gasteiger partial charge on any atom is 0.255 e. The molecule has 1 N–H and O–H groups in total. The minimum absolute atomic E-state index is 0.0238. The zero-order valence-electron chi connectivity index (χ0n) is 14.9. The van der Waals surface area contributed by atoms with Crippen molar-refractivity contribution < 1.29 is 9.53 Å².